The molecule has 2 aliphatic rings. The summed E-state index contributed by atoms with van der Waals surface area (Å²) in [4.78, 5) is 13.9. The van der Waals surface area contributed by atoms with Gasteiger partial charge >= 0.3 is 6.03 Å². The minimum Gasteiger partial charge on any atom is -0.376 e. The second-order valence-corrected chi connectivity index (χ2v) is 6.51. The van der Waals surface area contributed by atoms with Gasteiger partial charge in [0.25, 0.3) is 0 Å². The van der Waals surface area contributed by atoms with Crippen molar-refractivity contribution in [3.05, 3.63) is 6.20 Å². The third kappa shape index (κ3) is 4.37. The van der Waals surface area contributed by atoms with Crippen LogP contribution in [0.1, 0.15) is 32.1 Å². The topological polar surface area (TPSA) is 76.6 Å². The molecule has 2 amide bonds. The number of nitrogens with zero attached hydrogens (tertiary/aromatic N) is 3. The van der Waals surface area contributed by atoms with Gasteiger partial charge in [0.2, 0.25) is 0 Å². The maximum atomic E-state index is 12.1. The monoisotopic (exact) mass is 326 g/mol. The second-order valence-electron chi connectivity index (χ2n) is 5.72. The fourth-order valence-corrected chi connectivity index (χ4v) is 3.22. The van der Waals surface area contributed by atoms with Crippen LogP contribution in [0.15, 0.2) is 6.20 Å². The maximum absolute atomic E-state index is 12.1. The molecular weight excluding hydrogens is 304 g/mol. The van der Waals surface area contributed by atoms with Crippen LogP contribution in [0.2, 0.25) is 0 Å². The van der Waals surface area contributed by atoms with Gasteiger partial charge < -0.3 is 14.4 Å². The van der Waals surface area contributed by atoms with Gasteiger partial charge in [-0.15, -0.1) is 5.10 Å². The van der Waals surface area contributed by atoms with Crippen molar-refractivity contribution in [2.75, 3.05) is 31.6 Å². The molecule has 8 heteroatoms. The summed E-state index contributed by atoms with van der Waals surface area (Å²) in [7, 11) is 0. The standard InChI is InChI=1S/C14H22N4O3S/c19-14(16-13-9-15-17-22-13)18-6-4-11(5-7-18)21-10-12-3-1-2-8-20-12/h9,11-12H,1-8,10H2,(H,16,19). The third-order valence-corrected chi connectivity index (χ3v) is 4.69. The Kier molecular flexibility index (Phi) is 5.58. The Labute approximate surface area is 134 Å². The Morgan fingerprint density at radius 2 is 2.27 bits per heavy atom. The molecule has 1 unspecified atom stereocenters. The molecule has 0 radical (unpaired) electrons. The zero-order chi connectivity index (χ0) is 15.2. The average Bonchev–Trinajstić information content (AvgIpc) is 3.07. The number of amides is 2. The van der Waals surface area contributed by atoms with E-state index in [9.17, 15) is 4.79 Å². The first kappa shape index (κ1) is 15.6. The zero-order valence-electron chi connectivity index (χ0n) is 12.6. The number of piperidine rings is 1. The van der Waals surface area contributed by atoms with Crippen molar-refractivity contribution in [1.82, 2.24) is 14.5 Å². The van der Waals surface area contributed by atoms with E-state index in [-0.39, 0.29) is 18.2 Å². The van der Waals surface area contributed by atoms with Crippen molar-refractivity contribution in [2.24, 2.45) is 0 Å². The predicted molar refractivity (Wildman–Crippen MR) is 83.1 cm³/mol. The van der Waals surface area contributed by atoms with E-state index in [2.05, 4.69) is 14.9 Å². The van der Waals surface area contributed by atoms with Crippen LogP contribution in [0, 0.1) is 0 Å². The molecular formula is C14H22N4O3S. The maximum Gasteiger partial charge on any atom is 0.322 e. The summed E-state index contributed by atoms with van der Waals surface area (Å²) in [5.74, 6) is 0. The van der Waals surface area contributed by atoms with E-state index in [1.807, 2.05) is 4.90 Å². The summed E-state index contributed by atoms with van der Waals surface area (Å²) in [6.07, 6.45) is 7.31. The lowest BCUT2D eigenvalue weighted by molar-refractivity contribution is -0.0726. The van der Waals surface area contributed by atoms with Gasteiger partial charge in [0, 0.05) is 31.2 Å². The van der Waals surface area contributed by atoms with Crippen LogP contribution in [-0.2, 0) is 9.47 Å². The molecule has 0 aromatic carbocycles. The highest BCUT2D eigenvalue weighted by atomic mass is 32.1. The largest absolute Gasteiger partial charge is 0.376 e. The van der Waals surface area contributed by atoms with Crippen LogP contribution in [-0.4, -0.2) is 59.0 Å². The molecule has 3 rings (SSSR count). The molecule has 22 heavy (non-hydrogen) atoms. The number of hydrogen-bond donors (Lipinski definition) is 1. The van der Waals surface area contributed by atoms with Gasteiger partial charge in [0.15, 0.2) is 0 Å². The number of aromatic nitrogens is 2. The van der Waals surface area contributed by atoms with E-state index in [0.717, 1.165) is 25.9 Å². The first-order valence-corrected chi connectivity index (χ1v) is 8.65. The number of hydrogen-bond acceptors (Lipinski definition) is 6. The Balaban J connectivity index is 1.35. The lowest BCUT2D eigenvalue weighted by atomic mass is 10.1. The van der Waals surface area contributed by atoms with Crippen molar-refractivity contribution in [2.45, 2.75) is 44.3 Å². The quantitative estimate of drug-likeness (QED) is 0.917. The predicted octanol–water partition coefficient (Wildman–Crippen LogP) is 2.12. The highest BCUT2D eigenvalue weighted by Crippen LogP contribution is 2.19. The third-order valence-electron chi connectivity index (χ3n) is 4.11. The number of ether oxygens (including phenoxy) is 2. The van der Waals surface area contributed by atoms with Gasteiger partial charge in [-0.3, -0.25) is 5.32 Å². The average molecular weight is 326 g/mol. The smallest absolute Gasteiger partial charge is 0.322 e. The minimum absolute atomic E-state index is 0.0832. The SMILES string of the molecule is O=C(Nc1cnns1)N1CCC(OCC2CCCCO2)CC1. The second kappa shape index (κ2) is 7.85. The molecule has 0 aliphatic carbocycles. The number of anilines is 1. The van der Waals surface area contributed by atoms with Gasteiger partial charge in [0.1, 0.15) is 5.00 Å². The van der Waals surface area contributed by atoms with Crippen molar-refractivity contribution in [3.63, 3.8) is 0 Å². The summed E-state index contributed by atoms with van der Waals surface area (Å²) >= 11 is 1.18. The Hall–Kier alpha value is -1.25. The number of likely N-dealkylation sites (tertiary alicyclic amines) is 1. The lowest BCUT2D eigenvalue weighted by Gasteiger charge is -2.33. The zero-order valence-corrected chi connectivity index (χ0v) is 13.4. The summed E-state index contributed by atoms with van der Waals surface area (Å²) in [5, 5.41) is 7.19. The molecule has 0 saturated carbocycles. The summed E-state index contributed by atoms with van der Waals surface area (Å²) in [5.41, 5.74) is 0. The molecule has 1 N–H and O–H groups in total. The summed E-state index contributed by atoms with van der Waals surface area (Å²) in [6.45, 7) is 2.98. The molecule has 1 aromatic heterocycles. The Bertz CT molecular complexity index is 457. The highest BCUT2D eigenvalue weighted by Gasteiger charge is 2.25. The van der Waals surface area contributed by atoms with E-state index < -0.39 is 0 Å². The van der Waals surface area contributed by atoms with Gasteiger partial charge in [-0.25, -0.2) is 4.79 Å². The van der Waals surface area contributed by atoms with Crippen LogP contribution in [0.5, 0.6) is 0 Å². The van der Waals surface area contributed by atoms with Crippen molar-refractivity contribution >= 4 is 22.6 Å². The number of carbonyl (C=O) groups is 1. The molecule has 122 valence electrons. The van der Waals surface area contributed by atoms with Gasteiger partial charge in [-0.05, 0) is 32.1 Å². The van der Waals surface area contributed by atoms with Crippen molar-refractivity contribution < 1.29 is 14.3 Å². The van der Waals surface area contributed by atoms with Crippen molar-refractivity contribution in [3.8, 4) is 0 Å². The van der Waals surface area contributed by atoms with E-state index in [1.54, 1.807) is 6.20 Å². The molecule has 2 aliphatic heterocycles. The summed E-state index contributed by atoms with van der Waals surface area (Å²) in [6, 6.07) is -0.0832. The molecule has 7 nitrogen and oxygen atoms in total. The number of carbonyl (C=O) groups excluding carboxylic acids is 1. The number of urea groups is 1. The molecule has 0 bridgehead atoms. The lowest BCUT2D eigenvalue weighted by Crippen LogP contribution is -2.43. The van der Waals surface area contributed by atoms with Crippen LogP contribution < -0.4 is 5.32 Å². The van der Waals surface area contributed by atoms with E-state index in [1.165, 1.54) is 24.4 Å². The minimum atomic E-state index is -0.0832. The fourth-order valence-electron chi connectivity index (χ4n) is 2.81. The molecule has 1 atom stereocenters. The molecule has 2 saturated heterocycles. The van der Waals surface area contributed by atoms with E-state index in [4.69, 9.17) is 9.47 Å². The number of nitrogens with one attached hydrogen (secondary N) is 1. The van der Waals surface area contributed by atoms with Crippen LogP contribution in [0.25, 0.3) is 0 Å². The molecule has 3 heterocycles. The van der Waals surface area contributed by atoms with Crippen LogP contribution in [0.4, 0.5) is 9.80 Å². The number of rotatable bonds is 4. The summed E-state index contributed by atoms with van der Waals surface area (Å²) < 4.78 is 15.4. The first-order valence-electron chi connectivity index (χ1n) is 7.88. The molecule has 1 aromatic rings. The fraction of sp³-hybridized carbons (Fsp3) is 0.786. The normalized spacial score (nSPS) is 23.5. The Morgan fingerprint density at radius 1 is 1.41 bits per heavy atom. The molecule has 0 spiro atoms. The van der Waals surface area contributed by atoms with Crippen LogP contribution in [0.3, 0.4) is 0 Å². The van der Waals surface area contributed by atoms with E-state index in [0.29, 0.717) is 24.7 Å². The van der Waals surface area contributed by atoms with Gasteiger partial charge in [-0.1, -0.05) is 4.49 Å². The Morgan fingerprint density at radius 3 is 2.95 bits per heavy atom. The first-order chi connectivity index (χ1) is 10.8. The molecule has 2 fully saturated rings. The van der Waals surface area contributed by atoms with Crippen molar-refractivity contribution in [1.29, 1.82) is 0 Å². The highest BCUT2D eigenvalue weighted by molar-refractivity contribution is 7.10. The van der Waals surface area contributed by atoms with Crippen LogP contribution >= 0.6 is 11.5 Å². The van der Waals surface area contributed by atoms with E-state index >= 15 is 0 Å². The van der Waals surface area contributed by atoms with Gasteiger partial charge in [-0.2, -0.15) is 0 Å². The van der Waals surface area contributed by atoms with Gasteiger partial charge in [0.05, 0.1) is 25.0 Å².